The third-order valence-corrected chi connectivity index (χ3v) is 6.26. The van der Waals surface area contributed by atoms with Crippen LogP contribution >= 0.6 is 0 Å². The molecule has 2 aromatic rings. The maximum atomic E-state index is 13.2. The molecule has 1 saturated heterocycles. The Morgan fingerprint density at radius 1 is 1.18 bits per heavy atom. The second kappa shape index (κ2) is 9.90. The van der Waals surface area contributed by atoms with E-state index >= 15 is 0 Å². The zero-order valence-electron chi connectivity index (χ0n) is 18.2. The Balaban J connectivity index is 1.47. The van der Waals surface area contributed by atoms with E-state index in [2.05, 4.69) is 16.5 Å². The summed E-state index contributed by atoms with van der Waals surface area (Å²) in [6.07, 6.45) is 6.64. The Kier molecular flexibility index (Phi) is 6.77. The molecule has 1 aliphatic carbocycles. The molecule has 2 heterocycles. The highest BCUT2D eigenvalue weighted by molar-refractivity contribution is 5.98. The number of likely N-dealkylation sites (tertiary alicyclic amines) is 1. The average molecular weight is 455 g/mol. The fourth-order valence-electron chi connectivity index (χ4n) is 4.45. The molecule has 0 spiro atoms. The maximum absolute atomic E-state index is 13.2. The van der Waals surface area contributed by atoms with E-state index in [1.807, 2.05) is 0 Å². The third kappa shape index (κ3) is 5.25. The maximum Gasteiger partial charge on any atom is 0.410 e. The number of anilines is 2. The predicted molar refractivity (Wildman–Crippen MR) is 118 cm³/mol. The highest BCUT2D eigenvalue weighted by Crippen LogP contribution is 2.31. The minimum atomic E-state index is -0.673. The molecule has 1 saturated carbocycles. The SMILES string of the molecule is N#C[C@@H]1CN(C(=O)OC2CCCCC2)CC[C@H]1n1cc(C(N)=O)c(Nc2ccc(F)cc2)n1. The van der Waals surface area contributed by atoms with Gasteiger partial charge in [0.05, 0.1) is 18.0 Å². The van der Waals surface area contributed by atoms with Crippen molar-refractivity contribution in [2.75, 3.05) is 18.4 Å². The van der Waals surface area contributed by atoms with Gasteiger partial charge in [0.1, 0.15) is 17.5 Å². The molecule has 1 aromatic heterocycles. The van der Waals surface area contributed by atoms with Gasteiger partial charge in [-0.05, 0) is 56.4 Å². The lowest BCUT2D eigenvalue weighted by molar-refractivity contribution is 0.0329. The molecular weight excluding hydrogens is 427 g/mol. The number of rotatable bonds is 5. The first-order chi connectivity index (χ1) is 15.9. The van der Waals surface area contributed by atoms with Crippen LogP contribution in [0.15, 0.2) is 30.5 Å². The average Bonchev–Trinajstić information content (AvgIpc) is 3.24. The Bertz CT molecular complexity index is 1040. The lowest BCUT2D eigenvalue weighted by atomic mass is 9.93. The predicted octanol–water partition coefficient (Wildman–Crippen LogP) is 3.72. The number of aromatic nitrogens is 2. The van der Waals surface area contributed by atoms with Crippen molar-refractivity contribution in [3.63, 3.8) is 0 Å². The van der Waals surface area contributed by atoms with Crippen molar-refractivity contribution in [1.82, 2.24) is 14.7 Å². The van der Waals surface area contributed by atoms with Crippen molar-refractivity contribution in [3.8, 4) is 6.07 Å². The fourth-order valence-corrected chi connectivity index (χ4v) is 4.45. The molecule has 9 nitrogen and oxygen atoms in total. The van der Waals surface area contributed by atoms with Crippen LogP contribution in [0, 0.1) is 23.1 Å². The third-order valence-electron chi connectivity index (χ3n) is 6.26. The number of nitrogens with zero attached hydrogens (tertiary/aromatic N) is 4. The number of primary amides is 1. The van der Waals surface area contributed by atoms with Gasteiger partial charge < -0.3 is 20.7 Å². The first-order valence-corrected chi connectivity index (χ1v) is 11.2. The topological polar surface area (TPSA) is 126 Å². The normalized spacial score (nSPS) is 21.3. The summed E-state index contributed by atoms with van der Waals surface area (Å²) >= 11 is 0. The van der Waals surface area contributed by atoms with Gasteiger partial charge in [-0.3, -0.25) is 9.48 Å². The minimum Gasteiger partial charge on any atom is -0.446 e. The van der Waals surface area contributed by atoms with E-state index in [0.717, 1.165) is 25.7 Å². The van der Waals surface area contributed by atoms with E-state index in [1.54, 1.807) is 9.58 Å². The number of carbonyl (C=O) groups is 2. The molecule has 2 atom stereocenters. The van der Waals surface area contributed by atoms with E-state index in [4.69, 9.17) is 10.5 Å². The van der Waals surface area contributed by atoms with Gasteiger partial charge in [0, 0.05) is 25.0 Å². The number of amides is 2. The van der Waals surface area contributed by atoms with Gasteiger partial charge in [0.15, 0.2) is 5.82 Å². The molecule has 10 heteroatoms. The number of nitriles is 1. The monoisotopic (exact) mass is 454 g/mol. The van der Waals surface area contributed by atoms with Crippen molar-refractivity contribution in [2.45, 2.75) is 50.7 Å². The number of hydrogen-bond acceptors (Lipinski definition) is 6. The number of ether oxygens (including phenoxy) is 1. The largest absolute Gasteiger partial charge is 0.446 e. The van der Waals surface area contributed by atoms with Gasteiger partial charge in [0.25, 0.3) is 5.91 Å². The van der Waals surface area contributed by atoms with Crippen molar-refractivity contribution < 1.29 is 18.7 Å². The summed E-state index contributed by atoms with van der Waals surface area (Å²) < 4.78 is 20.4. The summed E-state index contributed by atoms with van der Waals surface area (Å²) in [4.78, 5) is 26.2. The van der Waals surface area contributed by atoms with Crippen molar-refractivity contribution in [1.29, 1.82) is 5.26 Å². The van der Waals surface area contributed by atoms with Gasteiger partial charge in [-0.15, -0.1) is 0 Å². The van der Waals surface area contributed by atoms with Crippen molar-refractivity contribution in [3.05, 3.63) is 41.8 Å². The second-order valence-corrected chi connectivity index (χ2v) is 8.55. The van der Waals surface area contributed by atoms with E-state index in [9.17, 15) is 19.2 Å². The summed E-state index contributed by atoms with van der Waals surface area (Å²) in [5.74, 6) is -1.36. The lowest BCUT2D eigenvalue weighted by Gasteiger charge is -2.35. The minimum absolute atomic E-state index is 0.0474. The van der Waals surface area contributed by atoms with Gasteiger partial charge in [-0.25, -0.2) is 9.18 Å². The van der Waals surface area contributed by atoms with Crippen LogP contribution in [0.1, 0.15) is 54.9 Å². The van der Waals surface area contributed by atoms with Crippen LogP contribution in [-0.4, -0.2) is 45.9 Å². The van der Waals surface area contributed by atoms with E-state index in [-0.39, 0.29) is 42.0 Å². The molecule has 1 aromatic carbocycles. The van der Waals surface area contributed by atoms with Crippen LogP contribution < -0.4 is 11.1 Å². The first-order valence-electron chi connectivity index (χ1n) is 11.2. The van der Waals surface area contributed by atoms with E-state index in [1.165, 1.54) is 36.9 Å². The molecule has 33 heavy (non-hydrogen) atoms. The van der Waals surface area contributed by atoms with Crippen LogP contribution in [0.2, 0.25) is 0 Å². The summed E-state index contributed by atoms with van der Waals surface area (Å²) in [5.41, 5.74) is 6.23. The van der Waals surface area contributed by atoms with Crippen LogP contribution in [0.5, 0.6) is 0 Å². The standard InChI is InChI=1S/C23H27FN6O3/c24-16-6-8-17(9-7-16)27-22-19(21(26)31)14-30(28-22)20-10-11-29(13-15(20)12-25)23(32)33-18-4-2-1-3-5-18/h6-9,14-15,18,20H,1-5,10-11,13H2,(H2,26,31)(H,27,28)/t15-,20-/m1/s1. The molecule has 1 aliphatic heterocycles. The molecule has 0 radical (unpaired) electrons. The Labute approximate surface area is 191 Å². The molecule has 2 amide bonds. The number of benzene rings is 1. The number of nitrogens with two attached hydrogens (primary N) is 1. The zero-order valence-corrected chi connectivity index (χ0v) is 18.2. The number of carbonyl (C=O) groups excluding carboxylic acids is 2. The number of piperidine rings is 1. The van der Waals surface area contributed by atoms with Gasteiger partial charge in [0.2, 0.25) is 0 Å². The van der Waals surface area contributed by atoms with Crippen LogP contribution in [0.25, 0.3) is 0 Å². The van der Waals surface area contributed by atoms with Gasteiger partial charge >= 0.3 is 6.09 Å². The number of halogens is 1. The molecule has 3 N–H and O–H groups in total. The highest BCUT2D eigenvalue weighted by atomic mass is 19.1. The summed E-state index contributed by atoms with van der Waals surface area (Å²) in [7, 11) is 0. The smallest absolute Gasteiger partial charge is 0.410 e. The summed E-state index contributed by atoms with van der Waals surface area (Å²) in [6.45, 7) is 0.639. The fraction of sp³-hybridized carbons (Fsp3) is 0.478. The Hall–Kier alpha value is -3.61. The second-order valence-electron chi connectivity index (χ2n) is 8.55. The van der Waals surface area contributed by atoms with E-state index in [0.29, 0.717) is 18.7 Å². The van der Waals surface area contributed by atoms with Crippen LogP contribution in [0.4, 0.5) is 20.7 Å². The van der Waals surface area contributed by atoms with Crippen LogP contribution in [-0.2, 0) is 4.74 Å². The number of nitrogens with one attached hydrogen (secondary N) is 1. The molecule has 2 fully saturated rings. The van der Waals surface area contributed by atoms with Crippen LogP contribution in [0.3, 0.4) is 0 Å². The van der Waals surface area contributed by atoms with Gasteiger partial charge in [-0.2, -0.15) is 10.4 Å². The van der Waals surface area contributed by atoms with Crippen molar-refractivity contribution in [2.24, 2.45) is 11.7 Å². The molecule has 174 valence electrons. The quantitative estimate of drug-likeness (QED) is 0.709. The Morgan fingerprint density at radius 3 is 2.58 bits per heavy atom. The number of hydrogen-bond donors (Lipinski definition) is 2. The van der Waals surface area contributed by atoms with E-state index < -0.39 is 11.8 Å². The molecule has 0 unspecified atom stereocenters. The van der Waals surface area contributed by atoms with Crippen molar-refractivity contribution >= 4 is 23.5 Å². The first kappa shape index (κ1) is 22.6. The lowest BCUT2D eigenvalue weighted by Crippen LogP contribution is -2.45. The van der Waals surface area contributed by atoms with Gasteiger partial charge in [-0.1, -0.05) is 6.42 Å². The molecule has 0 bridgehead atoms. The Morgan fingerprint density at radius 2 is 1.91 bits per heavy atom. The summed E-state index contributed by atoms with van der Waals surface area (Å²) in [5, 5.41) is 17.2. The molecule has 4 rings (SSSR count). The zero-order chi connectivity index (χ0) is 23.4. The molecular formula is C23H27FN6O3. The molecule has 2 aliphatic rings. The summed E-state index contributed by atoms with van der Waals surface area (Å²) in [6, 6.07) is 7.55. The highest BCUT2D eigenvalue weighted by Gasteiger charge is 2.35.